The summed E-state index contributed by atoms with van der Waals surface area (Å²) >= 11 is 5.99. The molecule has 0 spiro atoms. The van der Waals surface area contributed by atoms with Crippen molar-refractivity contribution < 1.29 is 22.7 Å². The highest BCUT2D eigenvalue weighted by atomic mass is 35.5. The van der Waals surface area contributed by atoms with Gasteiger partial charge in [0.1, 0.15) is 0 Å². The van der Waals surface area contributed by atoms with Crippen LogP contribution >= 0.6 is 11.6 Å². The molecule has 1 N–H and O–H groups in total. The predicted molar refractivity (Wildman–Crippen MR) is 98.0 cm³/mol. The van der Waals surface area contributed by atoms with E-state index in [1.807, 2.05) is 6.07 Å². The Morgan fingerprint density at radius 2 is 1.88 bits per heavy atom. The van der Waals surface area contributed by atoms with Crippen LogP contribution in [0.1, 0.15) is 17.5 Å². The maximum Gasteiger partial charge on any atom is 0.231 e. The monoisotopic (exact) mass is 395 g/mol. The van der Waals surface area contributed by atoms with E-state index in [4.69, 9.17) is 21.1 Å². The zero-order valence-corrected chi connectivity index (χ0v) is 15.5. The highest BCUT2D eigenvalue weighted by Gasteiger charge is 2.17. The van der Waals surface area contributed by atoms with Gasteiger partial charge < -0.3 is 14.8 Å². The molecule has 1 aliphatic rings. The van der Waals surface area contributed by atoms with Gasteiger partial charge in [-0.3, -0.25) is 4.79 Å². The van der Waals surface area contributed by atoms with Gasteiger partial charge in [0.05, 0.1) is 11.5 Å². The van der Waals surface area contributed by atoms with Gasteiger partial charge in [-0.2, -0.15) is 0 Å². The van der Waals surface area contributed by atoms with Crippen molar-refractivity contribution in [2.75, 3.05) is 12.5 Å². The van der Waals surface area contributed by atoms with Crippen LogP contribution in [0.5, 0.6) is 11.5 Å². The van der Waals surface area contributed by atoms with Crippen LogP contribution in [0, 0.1) is 0 Å². The summed E-state index contributed by atoms with van der Waals surface area (Å²) in [6.45, 7) is 0.481. The van der Waals surface area contributed by atoms with Crippen LogP contribution in [0.2, 0.25) is 5.02 Å². The largest absolute Gasteiger partial charge is 0.454 e. The van der Waals surface area contributed by atoms with E-state index in [1.54, 1.807) is 36.4 Å². The Balaban J connectivity index is 1.48. The average molecular weight is 396 g/mol. The fourth-order valence-electron chi connectivity index (χ4n) is 2.51. The first kappa shape index (κ1) is 18.5. The van der Waals surface area contributed by atoms with Gasteiger partial charge in [0.25, 0.3) is 0 Å². The fraction of sp³-hybridized carbons (Fsp3) is 0.278. The lowest BCUT2D eigenvalue weighted by atomic mass is 10.2. The molecule has 0 radical (unpaired) electrons. The molecule has 1 amide bonds. The quantitative estimate of drug-likeness (QED) is 0.779. The summed E-state index contributed by atoms with van der Waals surface area (Å²) in [5.41, 5.74) is 1.39. The molecule has 26 heavy (non-hydrogen) atoms. The average Bonchev–Trinajstić information content (AvgIpc) is 3.08. The van der Waals surface area contributed by atoms with Gasteiger partial charge in [-0.15, -0.1) is 0 Å². The highest BCUT2D eigenvalue weighted by molar-refractivity contribution is 7.90. The number of amides is 1. The van der Waals surface area contributed by atoms with Crippen molar-refractivity contribution >= 4 is 27.3 Å². The summed E-state index contributed by atoms with van der Waals surface area (Å²) in [7, 11) is -3.42. The van der Waals surface area contributed by atoms with Crippen LogP contribution in [0.4, 0.5) is 0 Å². The summed E-state index contributed by atoms with van der Waals surface area (Å²) in [5.74, 6) is 0.572. The lowest BCUT2D eigenvalue weighted by Crippen LogP contribution is -2.25. The third kappa shape index (κ3) is 4.89. The molecule has 6 nitrogen and oxygen atoms in total. The molecular formula is C18H18ClNO5S. The lowest BCUT2D eigenvalue weighted by molar-refractivity contribution is -0.120. The van der Waals surface area contributed by atoms with Crippen molar-refractivity contribution in [2.24, 2.45) is 0 Å². The zero-order chi connectivity index (χ0) is 18.6. The molecular weight excluding hydrogens is 378 g/mol. The normalized spacial score (nSPS) is 12.8. The first-order valence-electron chi connectivity index (χ1n) is 8.02. The minimum Gasteiger partial charge on any atom is -0.454 e. The number of nitrogens with one attached hydrogen (secondary N) is 1. The van der Waals surface area contributed by atoms with Gasteiger partial charge in [0.15, 0.2) is 21.3 Å². The van der Waals surface area contributed by atoms with Gasteiger partial charge in [0, 0.05) is 18.0 Å². The van der Waals surface area contributed by atoms with Crippen LogP contribution < -0.4 is 14.8 Å². The molecule has 8 heteroatoms. The molecule has 3 rings (SSSR count). The molecule has 2 aromatic rings. The van der Waals surface area contributed by atoms with Crippen LogP contribution in [0.15, 0.2) is 42.5 Å². The second-order valence-corrected chi connectivity index (χ2v) is 8.49. The zero-order valence-electron chi connectivity index (χ0n) is 13.9. The van der Waals surface area contributed by atoms with E-state index in [0.717, 1.165) is 5.56 Å². The Bertz CT molecular complexity index is 914. The fourth-order valence-corrected chi connectivity index (χ4v) is 4.16. The predicted octanol–water partition coefficient (Wildman–Crippen LogP) is 2.69. The maximum absolute atomic E-state index is 12.2. The van der Waals surface area contributed by atoms with Crippen LogP contribution in [-0.4, -0.2) is 26.9 Å². The van der Waals surface area contributed by atoms with Gasteiger partial charge in [0.2, 0.25) is 12.7 Å². The van der Waals surface area contributed by atoms with Crippen LogP contribution in [0.25, 0.3) is 0 Å². The van der Waals surface area contributed by atoms with Crippen molar-refractivity contribution in [1.29, 1.82) is 0 Å². The summed E-state index contributed by atoms with van der Waals surface area (Å²) < 4.78 is 34.9. The number of halogens is 1. The molecule has 0 aliphatic carbocycles. The van der Waals surface area contributed by atoms with Crippen molar-refractivity contribution in [3.05, 3.63) is 58.6 Å². The third-order valence-corrected chi connectivity index (χ3v) is 5.85. The van der Waals surface area contributed by atoms with Gasteiger partial charge in [-0.25, -0.2) is 8.42 Å². The number of sulfone groups is 1. The van der Waals surface area contributed by atoms with Crippen LogP contribution in [0.3, 0.4) is 0 Å². The standard InChI is InChI=1S/C18H18ClNO5S/c19-15-4-2-1-3-14(15)11-26(22,23)8-7-18(21)20-10-13-5-6-16-17(9-13)25-12-24-16/h1-6,9H,7-8,10-12H2,(H,20,21). The Labute approximate surface area is 157 Å². The molecule has 138 valence electrons. The van der Waals surface area contributed by atoms with E-state index in [9.17, 15) is 13.2 Å². The van der Waals surface area contributed by atoms with E-state index < -0.39 is 9.84 Å². The summed E-state index contributed by atoms with van der Waals surface area (Å²) in [6.07, 6.45) is -0.0999. The Morgan fingerprint density at radius 3 is 2.69 bits per heavy atom. The molecule has 0 saturated carbocycles. The third-order valence-electron chi connectivity index (χ3n) is 3.90. The van der Waals surface area contributed by atoms with Gasteiger partial charge in [-0.1, -0.05) is 35.9 Å². The first-order valence-corrected chi connectivity index (χ1v) is 10.2. The smallest absolute Gasteiger partial charge is 0.231 e. The molecule has 0 aromatic heterocycles. The molecule has 2 aromatic carbocycles. The summed E-state index contributed by atoms with van der Waals surface area (Å²) in [4.78, 5) is 12.0. The molecule has 0 saturated heterocycles. The Hall–Kier alpha value is -2.25. The lowest BCUT2D eigenvalue weighted by Gasteiger charge is -2.08. The molecule has 1 aliphatic heterocycles. The second-order valence-electron chi connectivity index (χ2n) is 5.90. The van der Waals surface area contributed by atoms with E-state index in [0.29, 0.717) is 28.6 Å². The Kier molecular flexibility index (Phi) is 5.68. The van der Waals surface area contributed by atoms with Crippen molar-refractivity contribution in [3.8, 4) is 11.5 Å². The number of ether oxygens (including phenoxy) is 2. The Morgan fingerprint density at radius 1 is 1.12 bits per heavy atom. The first-order chi connectivity index (χ1) is 12.4. The molecule has 0 fully saturated rings. The molecule has 0 bridgehead atoms. The second kappa shape index (κ2) is 7.97. The van der Waals surface area contributed by atoms with E-state index in [1.165, 1.54) is 0 Å². The van der Waals surface area contributed by atoms with Crippen LogP contribution in [-0.2, 0) is 26.9 Å². The summed E-state index contributed by atoms with van der Waals surface area (Å²) in [5, 5.41) is 3.12. The maximum atomic E-state index is 12.2. The van der Waals surface area contributed by atoms with E-state index >= 15 is 0 Å². The number of carbonyl (C=O) groups excluding carboxylic acids is 1. The number of fused-ring (bicyclic) bond motifs is 1. The SMILES string of the molecule is O=C(CCS(=O)(=O)Cc1ccccc1Cl)NCc1ccc2c(c1)OCO2. The topological polar surface area (TPSA) is 81.7 Å². The highest BCUT2D eigenvalue weighted by Crippen LogP contribution is 2.32. The van der Waals surface area contributed by atoms with Crippen molar-refractivity contribution in [1.82, 2.24) is 5.32 Å². The van der Waals surface area contributed by atoms with E-state index in [-0.39, 0.29) is 30.6 Å². The summed E-state index contributed by atoms with van der Waals surface area (Å²) in [6, 6.07) is 12.2. The number of hydrogen-bond acceptors (Lipinski definition) is 5. The number of benzene rings is 2. The minimum atomic E-state index is -3.42. The number of rotatable bonds is 7. The number of carbonyl (C=O) groups is 1. The minimum absolute atomic E-state index is 0.0999. The van der Waals surface area contributed by atoms with Crippen molar-refractivity contribution in [2.45, 2.75) is 18.7 Å². The van der Waals surface area contributed by atoms with E-state index in [2.05, 4.69) is 5.32 Å². The van der Waals surface area contributed by atoms with Gasteiger partial charge >= 0.3 is 0 Å². The molecule has 0 atom stereocenters. The number of hydrogen-bond donors (Lipinski definition) is 1. The van der Waals surface area contributed by atoms with Crippen molar-refractivity contribution in [3.63, 3.8) is 0 Å². The molecule has 1 heterocycles. The van der Waals surface area contributed by atoms with Gasteiger partial charge in [-0.05, 0) is 29.3 Å². The molecule has 0 unspecified atom stereocenters.